The smallest absolute Gasteiger partial charge is 0.295 e. The minimum Gasteiger partial charge on any atom is -0.507 e. The van der Waals surface area contributed by atoms with E-state index in [2.05, 4.69) is 0 Å². The van der Waals surface area contributed by atoms with E-state index in [4.69, 9.17) is 4.74 Å². The maximum Gasteiger partial charge on any atom is 0.295 e. The first-order chi connectivity index (χ1) is 14.8. The number of quaternary nitrogens is 1. The molecule has 2 aromatic carbocycles. The molecule has 1 aliphatic heterocycles. The van der Waals surface area contributed by atoms with Gasteiger partial charge in [-0.3, -0.25) is 9.59 Å². The molecule has 3 rings (SSSR count). The molecule has 0 spiro atoms. The fraction of sp³-hybridized carbons (Fsp3) is 0.333. The molecule has 0 saturated carbocycles. The van der Waals surface area contributed by atoms with Crippen LogP contribution in [0, 0.1) is 5.82 Å². The number of carbonyl (C=O) groups is 2. The monoisotopic (exact) mass is 427 g/mol. The van der Waals surface area contributed by atoms with Gasteiger partial charge in [0, 0.05) is 11.1 Å². The number of likely N-dealkylation sites (N-methyl/N-ethyl adjacent to an activating group) is 1. The second kappa shape index (κ2) is 9.75. The number of ether oxygens (including phenoxy) is 1. The van der Waals surface area contributed by atoms with Crippen molar-refractivity contribution in [3.63, 3.8) is 0 Å². The van der Waals surface area contributed by atoms with Crippen LogP contribution >= 0.6 is 0 Å². The van der Waals surface area contributed by atoms with E-state index >= 15 is 0 Å². The first-order valence-electron chi connectivity index (χ1n) is 10.4. The Labute approximate surface area is 181 Å². The molecule has 1 amide bonds. The van der Waals surface area contributed by atoms with Crippen LogP contribution in [-0.4, -0.2) is 55.5 Å². The van der Waals surface area contributed by atoms with Gasteiger partial charge < -0.3 is 19.6 Å². The Morgan fingerprint density at radius 2 is 1.81 bits per heavy atom. The highest BCUT2D eigenvalue weighted by molar-refractivity contribution is 6.46. The Morgan fingerprint density at radius 1 is 1.13 bits per heavy atom. The van der Waals surface area contributed by atoms with Crippen molar-refractivity contribution in [2.24, 2.45) is 0 Å². The van der Waals surface area contributed by atoms with E-state index in [1.807, 2.05) is 21.0 Å². The van der Waals surface area contributed by atoms with E-state index in [0.29, 0.717) is 24.5 Å². The molecular formula is C24H28FN2O4+. The molecule has 0 unspecified atom stereocenters. The highest BCUT2D eigenvalue weighted by Gasteiger charge is 2.47. The number of ketones is 1. The third-order valence-corrected chi connectivity index (χ3v) is 5.19. The van der Waals surface area contributed by atoms with Crippen LogP contribution < -0.4 is 9.64 Å². The Bertz CT molecular complexity index is 985. The van der Waals surface area contributed by atoms with Gasteiger partial charge in [0.1, 0.15) is 17.3 Å². The lowest BCUT2D eigenvalue weighted by Gasteiger charge is -2.25. The molecular weight excluding hydrogens is 399 g/mol. The first kappa shape index (κ1) is 22.5. The highest BCUT2D eigenvalue weighted by Crippen LogP contribution is 2.40. The zero-order valence-corrected chi connectivity index (χ0v) is 18.0. The normalized spacial score (nSPS) is 18.1. The quantitative estimate of drug-likeness (QED) is 0.385. The van der Waals surface area contributed by atoms with Crippen molar-refractivity contribution in [3.05, 3.63) is 71.0 Å². The van der Waals surface area contributed by atoms with E-state index in [9.17, 15) is 19.1 Å². The van der Waals surface area contributed by atoms with Crippen molar-refractivity contribution in [1.82, 2.24) is 4.90 Å². The molecule has 7 heteroatoms. The van der Waals surface area contributed by atoms with Crippen LogP contribution in [0.1, 0.15) is 30.5 Å². The number of halogens is 1. The second-order valence-electron chi connectivity index (χ2n) is 7.84. The Balaban J connectivity index is 2.07. The van der Waals surface area contributed by atoms with Gasteiger partial charge in [0.05, 0.1) is 45.4 Å². The van der Waals surface area contributed by atoms with Gasteiger partial charge in [-0.05, 0) is 36.8 Å². The summed E-state index contributed by atoms with van der Waals surface area (Å²) in [6.45, 7) is 3.39. The minimum atomic E-state index is -0.989. The highest BCUT2D eigenvalue weighted by atomic mass is 19.1. The fourth-order valence-corrected chi connectivity index (χ4v) is 3.56. The van der Waals surface area contributed by atoms with Crippen molar-refractivity contribution < 1.29 is 28.7 Å². The summed E-state index contributed by atoms with van der Waals surface area (Å²) in [5.41, 5.74) is 0.437. The number of rotatable bonds is 8. The lowest BCUT2D eigenvalue weighted by Crippen LogP contribution is -3.06. The molecule has 31 heavy (non-hydrogen) atoms. The molecule has 2 aromatic rings. The average Bonchev–Trinajstić information content (AvgIpc) is 3.01. The summed E-state index contributed by atoms with van der Waals surface area (Å²) in [5, 5.41) is 11.0. The fourth-order valence-electron chi connectivity index (χ4n) is 3.56. The van der Waals surface area contributed by atoms with Crippen LogP contribution in [0.5, 0.6) is 5.75 Å². The largest absolute Gasteiger partial charge is 0.507 e. The molecule has 0 radical (unpaired) electrons. The Morgan fingerprint density at radius 3 is 2.42 bits per heavy atom. The third kappa shape index (κ3) is 4.77. The number of benzene rings is 2. The zero-order chi connectivity index (χ0) is 22.5. The molecule has 1 heterocycles. The van der Waals surface area contributed by atoms with Crippen LogP contribution in [0.25, 0.3) is 5.76 Å². The molecule has 164 valence electrons. The molecule has 1 atom stereocenters. The third-order valence-electron chi connectivity index (χ3n) is 5.19. The Kier molecular flexibility index (Phi) is 7.07. The van der Waals surface area contributed by atoms with Crippen LogP contribution in [-0.2, 0) is 9.59 Å². The van der Waals surface area contributed by atoms with Crippen molar-refractivity contribution in [2.75, 3.05) is 33.8 Å². The molecule has 0 aliphatic carbocycles. The van der Waals surface area contributed by atoms with Crippen molar-refractivity contribution >= 4 is 17.4 Å². The summed E-state index contributed by atoms with van der Waals surface area (Å²) >= 11 is 0. The Hall–Kier alpha value is -3.19. The lowest BCUT2D eigenvalue weighted by atomic mass is 9.95. The molecule has 1 fully saturated rings. The topological polar surface area (TPSA) is 71.3 Å². The van der Waals surface area contributed by atoms with Gasteiger partial charge in [0.15, 0.2) is 0 Å². The number of amides is 1. The van der Waals surface area contributed by atoms with E-state index in [-0.39, 0.29) is 23.4 Å². The molecule has 6 nitrogen and oxygen atoms in total. The number of aliphatic hydroxyl groups excluding tert-OH is 1. The predicted molar refractivity (Wildman–Crippen MR) is 115 cm³/mol. The maximum absolute atomic E-state index is 14.7. The van der Waals surface area contributed by atoms with Crippen molar-refractivity contribution in [2.45, 2.75) is 19.4 Å². The summed E-state index contributed by atoms with van der Waals surface area (Å²) in [7, 11) is 3.85. The van der Waals surface area contributed by atoms with Gasteiger partial charge in [0.2, 0.25) is 0 Å². The van der Waals surface area contributed by atoms with Gasteiger partial charge in [-0.2, -0.15) is 0 Å². The van der Waals surface area contributed by atoms with Crippen molar-refractivity contribution in [1.29, 1.82) is 0 Å². The van der Waals surface area contributed by atoms with Crippen LogP contribution in [0.3, 0.4) is 0 Å². The van der Waals surface area contributed by atoms with E-state index in [1.165, 1.54) is 17.0 Å². The van der Waals surface area contributed by atoms with Gasteiger partial charge in [-0.1, -0.05) is 25.1 Å². The molecule has 2 N–H and O–H groups in total. The predicted octanol–water partition coefficient (Wildman–Crippen LogP) is 2.18. The van der Waals surface area contributed by atoms with Gasteiger partial charge >= 0.3 is 0 Å². The molecule has 0 bridgehead atoms. The number of hydrogen-bond donors (Lipinski definition) is 2. The maximum atomic E-state index is 14.7. The number of likely N-dealkylation sites (tertiary alicyclic amines) is 1. The number of carbonyl (C=O) groups excluding carboxylic acids is 2. The molecule has 1 aliphatic rings. The van der Waals surface area contributed by atoms with E-state index in [0.717, 1.165) is 11.3 Å². The standard InChI is InChI=1S/C24H27FN2O4/c1-4-15-31-17-11-9-16(10-12-17)22(28)20-21(18-7-5-6-8-19(18)25)27(14-13-26(2)3)24(30)23(20)29/h5-12,21,28H,4,13-15H2,1-3H3/p+1/t21-/m0/s1. The number of Topliss-reactive ketones (excluding diaryl/α,β-unsaturated/α-hetero) is 1. The number of nitrogens with zero attached hydrogens (tertiary/aromatic N) is 1. The lowest BCUT2D eigenvalue weighted by molar-refractivity contribution is -0.857. The second-order valence-corrected chi connectivity index (χ2v) is 7.84. The van der Waals surface area contributed by atoms with Crippen LogP contribution in [0.15, 0.2) is 54.1 Å². The summed E-state index contributed by atoms with van der Waals surface area (Å²) in [5.74, 6) is -1.78. The minimum absolute atomic E-state index is 0.105. The summed E-state index contributed by atoms with van der Waals surface area (Å²) in [6.07, 6.45) is 0.864. The zero-order valence-electron chi connectivity index (χ0n) is 18.0. The SMILES string of the molecule is CCCOc1ccc(C(O)=C2C(=O)C(=O)N(CC[NH+](C)C)[C@H]2c2ccccc2F)cc1. The summed E-state index contributed by atoms with van der Waals surface area (Å²) < 4.78 is 20.3. The van der Waals surface area contributed by atoms with Gasteiger partial charge in [-0.25, -0.2) is 4.39 Å². The van der Waals surface area contributed by atoms with Gasteiger partial charge in [0.25, 0.3) is 11.7 Å². The molecule has 1 saturated heterocycles. The van der Waals surface area contributed by atoms with E-state index in [1.54, 1.807) is 36.4 Å². The average molecular weight is 427 g/mol. The van der Waals surface area contributed by atoms with Crippen LogP contribution in [0.4, 0.5) is 4.39 Å². The van der Waals surface area contributed by atoms with E-state index < -0.39 is 23.5 Å². The number of aliphatic hydroxyl groups is 1. The van der Waals surface area contributed by atoms with Crippen molar-refractivity contribution in [3.8, 4) is 5.75 Å². The first-order valence-corrected chi connectivity index (χ1v) is 10.4. The number of hydrogen-bond acceptors (Lipinski definition) is 4. The molecule has 0 aromatic heterocycles. The number of nitrogens with one attached hydrogen (secondary N) is 1. The van der Waals surface area contributed by atoms with Crippen LogP contribution in [0.2, 0.25) is 0 Å². The summed E-state index contributed by atoms with van der Waals surface area (Å²) in [6, 6.07) is 11.6. The summed E-state index contributed by atoms with van der Waals surface area (Å²) in [4.78, 5) is 28.2. The van der Waals surface area contributed by atoms with Gasteiger partial charge in [-0.15, -0.1) is 0 Å².